The largest absolute Gasteiger partial charge is 0.445 e. The smallest absolute Gasteiger partial charge is 0.228 e. The summed E-state index contributed by atoms with van der Waals surface area (Å²) < 4.78 is 5.40. The van der Waals surface area contributed by atoms with Gasteiger partial charge in [0.2, 0.25) is 11.8 Å². The fraction of sp³-hybridized carbons (Fsp3) is 0.0833. The monoisotopic (exact) mass is 436 g/mol. The third kappa shape index (κ3) is 4.40. The minimum absolute atomic E-state index is 0.109. The van der Waals surface area contributed by atoms with Gasteiger partial charge in [0.05, 0.1) is 12.6 Å². The lowest BCUT2D eigenvalue weighted by atomic mass is 9.98. The van der Waals surface area contributed by atoms with Crippen LogP contribution in [0.3, 0.4) is 0 Å². The number of carbonyl (C=O) groups excluding carboxylic acids is 1. The van der Waals surface area contributed by atoms with Crippen molar-refractivity contribution in [2.24, 2.45) is 0 Å². The molecule has 4 nitrogen and oxygen atoms in total. The molecule has 0 spiro atoms. The number of aryl methyl sites for hydroxylation is 1. The van der Waals surface area contributed by atoms with Crippen molar-refractivity contribution < 1.29 is 9.21 Å². The van der Waals surface area contributed by atoms with Crippen LogP contribution in [-0.4, -0.2) is 10.9 Å². The highest BCUT2D eigenvalue weighted by Crippen LogP contribution is 2.30. The zero-order valence-corrected chi connectivity index (χ0v) is 17.7. The summed E-state index contributed by atoms with van der Waals surface area (Å²) in [6.45, 7) is 2.05. The first-order chi connectivity index (χ1) is 14.5. The van der Waals surface area contributed by atoms with E-state index in [2.05, 4.69) is 17.2 Å². The summed E-state index contributed by atoms with van der Waals surface area (Å²) in [6, 6.07) is 19.0. The SMILES string of the molecule is Cc1ccc(-c2ncco2)cc1-c1ccc(NC(=O)Cc2c(Cl)cccc2Cl)cc1. The summed E-state index contributed by atoms with van der Waals surface area (Å²) in [5.74, 6) is 0.401. The third-order valence-electron chi connectivity index (χ3n) is 4.80. The van der Waals surface area contributed by atoms with Crippen molar-refractivity contribution >= 4 is 34.8 Å². The van der Waals surface area contributed by atoms with Crippen molar-refractivity contribution in [3.63, 3.8) is 0 Å². The summed E-state index contributed by atoms with van der Waals surface area (Å²) in [4.78, 5) is 16.6. The predicted octanol–water partition coefficient (Wildman–Crippen LogP) is 6.81. The Hall–Kier alpha value is -3.08. The van der Waals surface area contributed by atoms with Crippen LogP contribution in [0.1, 0.15) is 11.1 Å². The third-order valence-corrected chi connectivity index (χ3v) is 5.50. The summed E-state index contributed by atoms with van der Waals surface area (Å²) in [5, 5.41) is 3.85. The topological polar surface area (TPSA) is 55.1 Å². The van der Waals surface area contributed by atoms with Gasteiger partial charge in [0.15, 0.2) is 0 Å². The maximum absolute atomic E-state index is 12.4. The first-order valence-electron chi connectivity index (χ1n) is 9.35. The zero-order chi connectivity index (χ0) is 21.1. The fourth-order valence-corrected chi connectivity index (χ4v) is 3.76. The van der Waals surface area contributed by atoms with E-state index < -0.39 is 0 Å². The molecule has 0 fully saturated rings. The molecule has 4 aromatic rings. The van der Waals surface area contributed by atoms with Crippen molar-refractivity contribution in [1.82, 2.24) is 4.98 Å². The van der Waals surface area contributed by atoms with Crippen LogP contribution in [0.15, 0.2) is 77.5 Å². The van der Waals surface area contributed by atoms with Crippen molar-refractivity contribution in [1.29, 1.82) is 0 Å². The Morgan fingerprint density at radius 2 is 1.70 bits per heavy atom. The molecule has 4 rings (SSSR count). The number of amides is 1. The van der Waals surface area contributed by atoms with Gasteiger partial charge in [-0.25, -0.2) is 4.98 Å². The van der Waals surface area contributed by atoms with E-state index in [0.29, 0.717) is 27.2 Å². The highest BCUT2D eigenvalue weighted by molar-refractivity contribution is 6.36. The van der Waals surface area contributed by atoms with Crippen molar-refractivity contribution in [3.05, 3.63) is 94.3 Å². The van der Waals surface area contributed by atoms with E-state index in [9.17, 15) is 4.79 Å². The molecular formula is C24H18Cl2N2O2. The molecule has 0 aliphatic rings. The second-order valence-corrected chi connectivity index (χ2v) is 7.68. The van der Waals surface area contributed by atoms with Gasteiger partial charge in [-0.1, -0.05) is 47.5 Å². The lowest BCUT2D eigenvalue weighted by Gasteiger charge is -2.11. The van der Waals surface area contributed by atoms with Gasteiger partial charge in [0, 0.05) is 21.3 Å². The zero-order valence-electron chi connectivity index (χ0n) is 16.2. The van der Waals surface area contributed by atoms with Crippen molar-refractivity contribution in [3.8, 4) is 22.6 Å². The lowest BCUT2D eigenvalue weighted by molar-refractivity contribution is -0.115. The number of nitrogens with zero attached hydrogens (tertiary/aromatic N) is 1. The summed E-state index contributed by atoms with van der Waals surface area (Å²) in [5.41, 5.74) is 5.48. The molecule has 30 heavy (non-hydrogen) atoms. The van der Waals surface area contributed by atoms with E-state index in [1.165, 1.54) is 0 Å². The first kappa shape index (κ1) is 20.2. The molecule has 1 heterocycles. The highest BCUT2D eigenvalue weighted by atomic mass is 35.5. The number of nitrogens with one attached hydrogen (secondary N) is 1. The average Bonchev–Trinajstić information content (AvgIpc) is 3.27. The van der Waals surface area contributed by atoms with Crippen LogP contribution in [0, 0.1) is 6.92 Å². The molecule has 150 valence electrons. The number of anilines is 1. The van der Waals surface area contributed by atoms with Crippen molar-refractivity contribution in [2.45, 2.75) is 13.3 Å². The molecule has 0 saturated heterocycles. The Morgan fingerprint density at radius 1 is 1.00 bits per heavy atom. The average molecular weight is 437 g/mol. The number of hydrogen-bond donors (Lipinski definition) is 1. The molecule has 6 heteroatoms. The number of oxazole rings is 1. The van der Waals surface area contributed by atoms with E-state index in [1.54, 1.807) is 30.7 Å². The second-order valence-electron chi connectivity index (χ2n) is 6.87. The van der Waals surface area contributed by atoms with Crippen LogP contribution in [-0.2, 0) is 11.2 Å². The highest BCUT2D eigenvalue weighted by Gasteiger charge is 2.12. The number of carbonyl (C=O) groups is 1. The predicted molar refractivity (Wildman–Crippen MR) is 121 cm³/mol. The molecule has 0 bridgehead atoms. The number of hydrogen-bond acceptors (Lipinski definition) is 3. The molecule has 0 saturated carbocycles. The van der Waals surface area contributed by atoms with Crippen LogP contribution >= 0.6 is 23.2 Å². The number of benzene rings is 3. The van der Waals surface area contributed by atoms with Crippen LogP contribution < -0.4 is 5.32 Å². The second kappa shape index (κ2) is 8.74. The maximum atomic E-state index is 12.4. The molecule has 1 aromatic heterocycles. The van der Waals surface area contributed by atoms with E-state index in [1.807, 2.05) is 42.5 Å². The van der Waals surface area contributed by atoms with Gasteiger partial charge < -0.3 is 9.73 Å². The molecule has 0 radical (unpaired) electrons. The molecule has 0 aliphatic heterocycles. The van der Waals surface area contributed by atoms with E-state index in [0.717, 1.165) is 22.3 Å². The lowest BCUT2D eigenvalue weighted by Crippen LogP contribution is -2.14. The summed E-state index contributed by atoms with van der Waals surface area (Å²) >= 11 is 12.3. The van der Waals surface area contributed by atoms with Crippen LogP contribution in [0.25, 0.3) is 22.6 Å². The molecule has 3 aromatic carbocycles. The molecule has 0 aliphatic carbocycles. The maximum Gasteiger partial charge on any atom is 0.228 e. The Kier molecular flexibility index (Phi) is 5.88. The molecular weight excluding hydrogens is 419 g/mol. The van der Waals surface area contributed by atoms with Crippen LogP contribution in [0.2, 0.25) is 10.0 Å². The normalized spacial score (nSPS) is 10.8. The van der Waals surface area contributed by atoms with Gasteiger partial charge >= 0.3 is 0 Å². The van der Waals surface area contributed by atoms with Gasteiger partial charge in [-0.3, -0.25) is 4.79 Å². The Balaban J connectivity index is 1.51. The van der Waals surface area contributed by atoms with Crippen LogP contribution in [0.5, 0.6) is 0 Å². The molecule has 1 amide bonds. The van der Waals surface area contributed by atoms with E-state index in [-0.39, 0.29) is 12.3 Å². The quantitative estimate of drug-likeness (QED) is 0.373. The minimum atomic E-state index is -0.181. The Morgan fingerprint density at radius 3 is 2.37 bits per heavy atom. The first-order valence-corrected chi connectivity index (χ1v) is 10.1. The van der Waals surface area contributed by atoms with Gasteiger partial charge in [-0.2, -0.15) is 0 Å². The standard InChI is InChI=1S/C24H18Cl2N2O2/c1-15-5-6-17(24-27-11-12-30-24)13-19(15)16-7-9-18(10-8-16)28-23(29)14-20-21(25)3-2-4-22(20)26/h2-13H,14H2,1H3,(H,28,29). The minimum Gasteiger partial charge on any atom is -0.445 e. The molecule has 0 atom stereocenters. The van der Waals surface area contributed by atoms with Gasteiger partial charge in [-0.15, -0.1) is 0 Å². The van der Waals surface area contributed by atoms with Gasteiger partial charge in [-0.05, 0) is 65.6 Å². The van der Waals surface area contributed by atoms with Crippen molar-refractivity contribution in [2.75, 3.05) is 5.32 Å². The van der Waals surface area contributed by atoms with Crippen LogP contribution in [0.4, 0.5) is 5.69 Å². The van der Waals surface area contributed by atoms with E-state index in [4.69, 9.17) is 27.6 Å². The fourth-order valence-electron chi connectivity index (χ4n) is 3.23. The molecule has 0 unspecified atom stereocenters. The summed E-state index contributed by atoms with van der Waals surface area (Å²) in [6.07, 6.45) is 3.29. The number of aromatic nitrogens is 1. The number of rotatable bonds is 5. The van der Waals surface area contributed by atoms with Gasteiger partial charge in [0.1, 0.15) is 6.26 Å². The summed E-state index contributed by atoms with van der Waals surface area (Å²) in [7, 11) is 0. The Labute approximate surface area is 184 Å². The van der Waals surface area contributed by atoms with Gasteiger partial charge in [0.25, 0.3) is 0 Å². The molecule has 1 N–H and O–H groups in total. The van der Waals surface area contributed by atoms with E-state index >= 15 is 0 Å². The number of halogens is 2. The Bertz CT molecular complexity index is 1170.